The maximum atomic E-state index is 11.5. The third-order valence-corrected chi connectivity index (χ3v) is 4.20. The normalized spacial score (nSPS) is 16.8. The minimum atomic E-state index is -1.24. The van der Waals surface area contributed by atoms with Gasteiger partial charge in [-0.15, -0.1) is 0 Å². The van der Waals surface area contributed by atoms with Crippen LogP contribution in [0.25, 0.3) is 11.3 Å². The number of carboxylic acids is 1. The zero-order valence-corrected chi connectivity index (χ0v) is 15.0. The quantitative estimate of drug-likeness (QED) is 0.661. The van der Waals surface area contributed by atoms with Crippen LogP contribution >= 0.6 is 11.8 Å². The molecule has 0 aliphatic carbocycles. The number of imide groups is 1. The molecule has 1 aromatic carbocycles. The van der Waals surface area contributed by atoms with Crippen LogP contribution in [0.1, 0.15) is 16.1 Å². The average Bonchev–Trinajstić information content (AvgIpc) is 3.06. The van der Waals surface area contributed by atoms with Crippen molar-refractivity contribution in [1.29, 1.82) is 0 Å². The molecule has 6 nitrogen and oxygen atoms in total. The Balaban J connectivity index is 0.00000192. The van der Waals surface area contributed by atoms with Gasteiger partial charge < -0.3 is 14.3 Å². The van der Waals surface area contributed by atoms with Crippen molar-refractivity contribution in [2.75, 3.05) is 0 Å². The van der Waals surface area contributed by atoms with Gasteiger partial charge in [-0.2, -0.15) is 0 Å². The van der Waals surface area contributed by atoms with E-state index < -0.39 is 11.2 Å². The van der Waals surface area contributed by atoms with E-state index in [1.165, 1.54) is 12.1 Å². The summed E-state index contributed by atoms with van der Waals surface area (Å²) >= 11 is 0.947. The van der Waals surface area contributed by atoms with Gasteiger partial charge in [-0.05, 0) is 17.7 Å². The van der Waals surface area contributed by atoms with E-state index in [0.29, 0.717) is 17.9 Å². The van der Waals surface area contributed by atoms with Crippen LogP contribution in [0.4, 0.5) is 4.79 Å². The Hall–Kier alpha value is -1.54. The van der Waals surface area contributed by atoms with Crippen LogP contribution in [0.2, 0.25) is 0 Å². The Labute approximate surface area is 157 Å². The summed E-state index contributed by atoms with van der Waals surface area (Å²) in [5.74, 6) is -0.400. The standard InChI is InChI=1S/C15H11NO5S.Na/c17-13-12(22-15(20)16-13)7-10-5-6-11(21-10)8-1-3-9(4-2-8)14(18)19;/h1-6,12H,7H2,(H,18,19)(H,16,17,20);/q;+1/p-1. The number of aromatic carboxylic acids is 1. The van der Waals surface area contributed by atoms with Gasteiger partial charge in [0.1, 0.15) is 16.8 Å². The topological polar surface area (TPSA) is 99.4 Å². The van der Waals surface area contributed by atoms with E-state index in [1.807, 2.05) is 0 Å². The Kier molecular flexibility index (Phi) is 5.69. The summed E-state index contributed by atoms with van der Waals surface area (Å²) in [5, 5.41) is 12.1. The molecule has 3 rings (SSSR count). The summed E-state index contributed by atoms with van der Waals surface area (Å²) in [4.78, 5) is 33.3. The van der Waals surface area contributed by atoms with Crippen molar-refractivity contribution in [3.63, 3.8) is 0 Å². The summed E-state index contributed by atoms with van der Waals surface area (Å²) in [6.07, 6.45) is 0.319. The van der Waals surface area contributed by atoms with Gasteiger partial charge in [0.15, 0.2) is 0 Å². The van der Waals surface area contributed by atoms with Crippen molar-refractivity contribution in [2.45, 2.75) is 11.7 Å². The monoisotopic (exact) mass is 339 g/mol. The molecule has 1 aliphatic heterocycles. The zero-order chi connectivity index (χ0) is 15.7. The van der Waals surface area contributed by atoms with Gasteiger partial charge in [-0.1, -0.05) is 36.0 Å². The van der Waals surface area contributed by atoms with E-state index in [9.17, 15) is 19.5 Å². The molecule has 0 saturated carbocycles. The molecule has 23 heavy (non-hydrogen) atoms. The Morgan fingerprint density at radius 2 is 1.87 bits per heavy atom. The molecule has 1 aromatic heterocycles. The predicted octanol–water partition coefficient (Wildman–Crippen LogP) is -1.79. The number of hydrogen-bond acceptors (Lipinski definition) is 6. The van der Waals surface area contributed by atoms with Gasteiger partial charge in [0, 0.05) is 12.0 Å². The molecule has 1 aliphatic rings. The number of carbonyl (C=O) groups excluding carboxylic acids is 3. The molecule has 1 saturated heterocycles. The summed E-state index contributed by atoms with van der Waals surface area (Å²) in [6, 6.07) is 9.58. The van der Waals surface area contributed by atoms with Crippen LogP contribution in [-0.2, 0) is 11.2 Å². The van der Waals surface area contributed by atoms with Gasteiger partial charge >= 0.3 is 29.6 Å². The van der Waals surface area contributed by atoms with E-state index in [0.717, 1.165) is 17.3 Å². The second-order valence-corrected chi connectivity index (χ2v) is 5.89. The van der Waals surface area contributed by atoms with E-state index >= 15 is 0 Å². The van der Waals surface area contributed by atoms with Crippen LogP contribution in [0.3, 0.4) is 0 Å². The van der Waals surface area contributed by atoms with Crippen LogP contribution < -0.4 is 40.0 Å². The predicted molar refractivity (Wildman–Crippen MR) is 77.1 cm³/mol. The Morgan fingerprint density at radius 1 is 1.17 bits per heavy atom. The number of carbonyl (C=O) groups is 3. The summed E-state index contributed by atoms with van der Waals surface area (Å²) < 4.78 is 5.65. The third kappa shape index (κ3) is 4.06. The summed E-state index contributed by atoms with van der Waals surface area (Å²) in [7, 11) is 0. The number of thioether (sulfide) groups is 1. The first-order chi connectivity index (χ1) is 10.5. The third-order valence-electron chi connectivity index (χ3n) is 3.22. The first-order valence-electron chi connectivity index (χ1n) is 6.45. The second-order valence-electron chi connectivity index (χ2n) is 4.72. The molecule has 0 bridgehead atoms. The number of hydrogen-bond donors (Lipinski definition) is 1. The number of furan rings is 1. The molecule has 1 fully saturated rings. The Bertz CT molecular complexity index is 755. The van der Waals surface area contributed by atoms with Crippen molar-refractivity contribution in [2.24, 2.45) is 0 Å². The van der Waals surface area contributed by atoms with Crippen molar-refractivity contribution >= 4 is 28.9 Å². The first kappa shape index (κ1) is 17.8. The fraction of sp³-hybridized carbons (Fsp3) is 0.133. The first-order valence-corrected chi connectivity index (χ1v) is 7.33. The molecular weight excluding hydrogens is 329 g/mol. The van der Waals surface area contributed by atoms with Crippen LogP contribution in [-0.4, -0.2) is 22.4 Å². The molecule has 2 aromatic rings. The number of benzene rings is 1. The van der Waals surface area contributed by atoms with Gasteiger partial charge in [0.2, 0.25) is 5.91 Å². The van der Waals surface area contributed by atoms with Crippen LogP contribution in [0.5, 0.6) is 0 Å². The summed E-state index contributed by atoms with van der Waals surface area (Å²) in [5.41, 5.74) is 0.809. The van der Waals surface area contributed by atoms with Gasteiger partial charge in [0.05, 0.1) is 5.97 Å². The van der Waals surface area contributed by atoms with E-state index in [2.05, 4.69) is 5.32 Å². The van der Waals surface area contributed by atoms with Crippen molar-refractivity contribution in [3.05, 3.63) is 47.7 Å². The minimum Gasteiger partial charge on any atom is -0.545 e. The zero-order valence-electron chi connectivity index (χ0n) is 12.2. The average molecular weight is 339 g/mol. The maximum absolute atomic E-state index is 11.5. The number of amides is 2. The molecular formula is C15H10NNaO5S. The molecule has 1 atom stereocenters. The van der Waals surface area contributed by atoms with Gasteiger partial charge in [-0.3, -0.25) is 14.9 Å². The maximum Gasteiger partial charge on any atom is 1.00 e. The van der Waals surface area contributed by atoms with Crippen molar-refractivity contribution in [1.82, 2.24) is 5.32 Å². The molecule has 2 amide bonds. The number of carboxylic acid groups (broad SMARTS) is 1. The fourth-order valence-electron chi connectivity index (χ4n) is 2.12. The van der Waals surface area contributed by atoms with Crippen LogP contribution in [0, 0.1) is 0 Å². The molecule has 1 unspecified atom stereocenters. The van der Waals surface area contributed by atoms with E-state index in [4.69, 9.17) is 4.42 Å². The van der Waals surface area contributed by atoms with E-state index in [1.54, 1.807) is 24.3 Å². The smallest absolute Gasteiger partial charge is 0.545 e. The SMILES string of the molecule is O=C1NC(=O)C(Cc2ccc(-c3ccc(C(=O)[O-])cc3)o2)S1.[Na+]. The van der Waals surface area contributed by atoms with Crippen molar-refractivity contribution < 1.29 is 53.5 Å². The fourth-order valence-corrected chi connectivity index (χ4v) is 2.96. The van der Waals surface area contributed by atoms with E-state index in [-0.39, 0.29) is 46.3 Å². The molecule has 2 heterocycles. The number of nitrogens with one attached hydrogen (secondary N) is 1. The van der Waals surface area contributed by atoms with Crippen LogP contribution in [0.15, 0.2) is 40.8 Å². The van der Waals surface area contributed by atoms with Gasteiger partial charge in [0.25, 0.3) is 5.24 Å². The number of rotatable bonds is 4. The molecule has 0 spiro atoms. The van der Waals surface area contributed by atoms with Gasteiger partial charge in [-0.25, -0.2) is 0 Å². The molecule has 0 radical (unpaired) electrons. The molecule has 8 heteroatoms. The second kappa shape index (κ2) is 7.35. The minimum absolute atomic E-state index is 0. The largest absolute Gasteiger partial charge is 1.00 e. The summed E-state index contributed by atoms with van der Waals surface area (Å²) in [6.45, 7) is 0. The Morgan fingerprint density at radius 3 is 2.43 bits per heavy atom. The molecule has 112 valence electrons. The molecule has 1 N–H and O–H groups in total. The van der Waals surface area contributed by atoms with Crippen molar-refractivity contribution in [3.8, 4) is 11.3 Å².